The fourth-order valence-electron chi connectivity index (χ4n) is 2.52. The summed E-state index contributed by atoms with van der Waals surface area (Å²) in [5.74, 6) is 0.0382. The minimum Gasteiger partial charge on any atom is -0.768 e. The van der Waals surface area contributed by atoms with E-state index in [2.05, 4.69) is 11.8 Å². The van der Waals surface area contributed by atoms with Gasteiger partial charge in [0, 0.05) is 17.4 Å². The molecule has 1 saturated heterocycles. The van der Waals surface area contributed by atoms with E-state index in [4.69, 9.17) is 0 Å². The Morgan fingerprint density at radius 3 is 2.94 bits per heavy atom. The van der Waals surface area contributed by atoms with E-state index < -0.39 is 17.2 Å². The van der Waals surface area contributed by atoms with Gasteiger partial charge < -0.3 is 14.6 Å². The van der Waals surface area contributed by atoms with Gasteiger partial charge in [-0.1, -0.05) is 19.1 Å². The number of likely N-dealkylation sites (N-methyl/N-ethyl adjacent to an activating group) is 1. The van der Waals surface area contributed by atoms with Crippen molar-refractivity contribution in [3.63, 3.8) is 0 Å². The molecule has 1 aliphatic heterocycles. The summed E-state index contributed by atoms with van der Waals surface area (Å²) in [6.45, 7) is 4.62. The normalized spacial score (nSPS) is 27.1. The highest BCUT2D eigenvalue weighted by Gasteiger charge is 2.28. The number of piperidine rings is 1. The molecule has 1 heterocycles. The number of benzene rings is 1. The number of aliphatic hydroxyl groups excluding tert-OH is 1. The fraction of sp³-hybridized carbons (Fsp3) is 0.538. The second kappa shape index (κ2) is 5.93. The highest BCUT2D eigenvalue weighted by molar-refractivity contribution is 7.79. The van der Waals surface area contributed by atoms with E-state index in [0.717, 1.165) is 25.1 Å². The molecule has 0 bridgehead atoms. The first-order valence-corrected chi connectivity index (χ1v) is 7.29. The van der Waals surface area contributed by atoms with Crippen LogP contribution in [0.5, 0.6) is 0 Å². The minimum absolute atomic E-state index is 0.0382. The minimum atomic E-state index is -2.21. The predicted molar refractivity (Wildman–Crippen MR) is 69.1 cm³/mol. The van der Waals surface area contributed by atoms with Crippen molar-refractivity contribution >= 4 is 11.1 Å². The van der Waals surface area contributed by atoms with Gasteiger partial charge in [-0.05, 0) is 48.3 Å². The van der Waals surface area contributed by atoms with Crippen LogP contribution in [0.25, 0.3) is 0 Å². The second-order valence-corrected chi connectivity index (χ2v) is 5.60. The van der Waals surface area contributed by atoms with Crippen molar-refractivity contribution < 1.29 is 13.9 Å². The van der Waals surface area contributed by atoms with E-state index in [1.807, 2.05) is 6.07 Å². The molecule has 1 unspecified atom stereocenters. The van der Waals surface area contributed by atoms with Gasteiger partial charge >= 0.3 is 0 Å². The van der Waals surface area contributed by atoms with Gasteiger partial charge in [-0.2, -0.15) is 0 Å². The molecular weight excluding hydrogens is 250 g/mol. The lowest BCUT2D eigenvalue weighted by atomic mass is 9.87. The summed E-state index contributed by atoms with van der Waals surface area (Å²) in [6.07, 6.45) is 0.443. The summed E-state index contributed by atoms with van der Waals surface area (Å²) in [7, 11) is 0. The number of nitrogens with zero attached hydrogens (tertiary/aromatic N) is 1. The average Bonchev–Trinajstić information content (AvgIpc) is 2.38. The molecule has 0 aliphatic carbocycles. The van der Waals surface area contributed by atoms with Crippen LogP contribution in [0.3, 0.4) is 0 Å². The molecule has 0 amide bonds. The first-order valence-electron chi connectivity index (χ1n) is 6.21. The summed E-state index contributed by atoms with van der Waals surface area (Å²) >= 11 is -2.21. The Hall–Kier alpha value is -0.750. The quantitative estimate of drug-likeness (QED) is 0.834. The van der Waals surface area contributed by atoms with Crippen LogP contribution in [-0.2, 0) is 11.1 Å². The van der Waals surface area contributed by atoms with E-state index in [-0.39, 0.29) is 10.8 Å². The van der Waals surface area contributed by atoms with E-state index >= 15 is 0 Å². The lowest BCUT2D eigenvalue weighted by molar-refractivity contribution is 0.0539. The molecule has 18 heavy (non-hydrogen) atoms. The van der Waals surface area contributed by atoms with E-state index in [9.17, 15) is 13.9 Å². The summed E-state index contributed by atoms with van der Waals surface area (Å²) in [4.78, 5) is 2.49. The third-order valence-corrected chi connectivity index (χ3v) is 4.23. The Morgan fingerprint density at radius 2 is 2.33 bits per heavy atom. The second-order valence-electron chi connectivity index (χ2n) is 4.66. The van der Waals surface area contributed by atoms with Gasteiger partial charge in [-0.15, -0.1) is 0 Å². The van der Waals surface area contributed by atoms with Gasteiger partial charge in [0.05, 0.1) is 6.10 Å². The summed E-state index contributed by atoms with van der Waals surface area (Å²) < 4.78 is 21.9. The molecule has 3 atom stereocenters. The van der Waals surface area contributed by atoms with Crippen molar-refractivity contribution in [1.29, 1.82) is 0 Å². The highest BCUT2D eigenvalue weighted by atomic mass is 32.2. The van der Waals surface area contributed by atoms with E-state index in [0.29, 0.717) is 6.54 Å². The average molecular weight is 268 g/mol. The van der Waals surface area contributed by atoms with Crippen molar-refractivity contribution in [2.24, 2.45) is 0 Å². The molecule has 4 nitrogen and oxygen atoms in total. The van der Waals surface area contributed by atoms with Crippen LogP contribution in [-0.4, -0.2) is 44.5 Å². The topological polar surface area (TPSA) is 63.6 Å². The molecule has 0 spiro atoms. The number of aliphatic hydroxyl groups is 1. The van der Waals surface area contributed by atoms with Crippen LogP contribution < -0.4 is 0 Å². The molecule has 0 aromatic heterocycles. The van der Waals surface area contributed by atoms with Crippen LogP contribution in [0.15, 0.2) is 29.2 Å². The van der Waals surface area contributed by atoms with Crippen molar-refractivity contribution in [3.05, 3.63) is 29.8 Å². The predicted octanol–water partition coefficient (Wildman–Crippen LogP) is 1.09. The maximum absolute atomic E-state index is 10.9. The molecule has 0 saturated carbocycles. The monoisotopic (exact) mass is 268 g/mol. The van der Waals surface area contributed by atoms with E-state index in [1.54, 1.807) is 18.2 Å². The molecule has 1 aromatic rings. The smallest absolute Gasteiger partial charge is 0.0735 e. The molecule has 5 heteroatoms. The van der Waals surface area contributed by atoms with Crippen LogP contribution in [0.1, 0.15) is 24.8 Å². The van der Waals surface area contributed by atoms with Gasteiger partial charge in [-0.3, -0.25) is 4.21 Å². The Morgan fingerprint density at radius 1 is 1.56 bits per heavy atom. The maximum atomic E-state index is 10.9. The first-order chi connectivity index (χ1) is 8.61. The fourth-order valence-corrected chi connectivity index (χ4v) is 2.94. The van der Waals surface area contributed by atoms with Crippen LogP contribution in [0.4, 0.5) is 0 Å². The van der Waals surface area contributed by atoms with Gasteiger partial charge in [0.25, 0.3) is 0 Å². The molecule has 1 aromatic carbocycles. The van der Waals surface area contributed by atoms with Crippen LogP contribution >= 0.6 is 0 Å². The van der Waals surface area contributed by atoms with Gasteiger partial charge in [0.15, 0.2) is 0 Å². The SMILES string of the molecule is CCN1CC[C@@H](c2cccc(S(=O)[O-])c2)[C@@H](O)C1. The van der Waals surface area contributed by atoms with Crippen LogP contribution in [0, 0.1) is 0 Å². The number of rotatable bonds is 3. The number of likely N-dealkylation sites (tertiary alicyclic amines) is 1. The van der Waals surface area contributed by atoms with Crippen molar-refractivity contribution in [3.8, 4) is 0 Å². The molecule has 100 valence electrons. The highest BCUT2D eigenvalue weighted by Crippen LogP contribution is 2.29. The third-order valence-electron chi connectivity index (χ3n) is 3.59. The Bertz CT molecular complexity index is 438. The molecule has 2 rings (SSSR count). The van der Waals surface area contributed by atoms with Crippen molar-refractivity contribution in [2.75, 3.05) is 19.6 Å². The summed E-state index contributed by atoms with van der Waals surface area (Å²) in [5, 5.41) is 10.2. The Labute approximate surface area is 110 Å². The largest absolute Gasteiger partial charge is 0.768 e. The zero-order valence-electron chi connectivity index (χ0n) is 10.4. The maximum Gasteiger partial charge on any atom is 0.0735 e. The summed E-state index contributed by atoms with van der Waals surface area (Å²) in [5.41, 5.74) is 0.917. The lowest BCUT2D eigenvalue weighted by Gasteiger charge is -2.35. The first kappa shape index (κ1) is 13.7. The lowest BCUT2D eigenvalue weighted by Crippen LogP contribution is -2.42. The van der Waals surface area contributed by atoms with Gasteiger partial charge in [-0.25, -0.2) is 0 Å². The standard InChI is InChI=1S/C13H19NO3S/c1-2-14-7-6-12(13(15)9-14)10-4-3-5-11(8-10)18(16)17/h3-5,8,12-13,15H,2,6-7,9H2,1H3,(H,16,17)/p-1/t12-,13-/m0/s1. The third kappa shape index (κ3) is 2.98. The zero-order chi connectivity index (χ0) is 13.1. The number of hydrogen-bond acceptors (Lipinski definition) is 4. The van der Waals surface area contributed by atoms with Crippen LogP contribution in [0.2, 0.25) is 0 Å². The van der Waals surface area contributed by atoms with Crippen molar-refractivity contribution in [2.45, 2.75) is 30.3 Å². The van der Waals surface area contributed by atoms with Gasteiger partial charge in [0.1, 0.15) is 0 Å². The van der Waals surface area contributed by atoms with Crippen molar-refractivity contribution in [1.82, 2.24) is 4.90 Å². The molecule has 1 fully saturated rings. The number of β-amino-alcohol motifs (C(OH)–C–C–N with tert-alkyl or cyclic N) is 1. The molecule has 1 aliphatic rings. The Balaban J connectivity index is 2.16. The molecule has 0 radical (unpaired) electrons. The summed E-state index contributed by atoms with van der Waals surface area (Å²) in [6, 6.07) is 6.87. The Kier molecular flexibility index (Phi) is 4.50. The molecule has 1 N–H and O–H groups in total. The molecular formula is C13H18NO3S-. The zero-order valence-corrected chi connectivity index (χ0v) is 11.2. The van der Waals surface area contributed by atoms with Gasteiger partial charge in [0.2, 0.25) is 0 Å². The number of hydrogen-bond donors (Lipinski definition) is 1. The van der Waals surface area contributed by atoms with E-state index in [1.165, 1.54) is 0 Å².